The van der Waals surface area contributed by atoms with Crippen molar-refractivity contribution in [3.63, 3.8) is 0 Å². The highest BCUT2D eigenvalue weighted by molar-refractivity contribution is 5.78. The molecule has 0 bridgehead atoms. The first kappa shape index (κ1) is 16.9. The van der Waals surface area contributed by atoms with E-state index < -0.39 is 0 Å². The van der Waals surface area contributed by atoms with Crippen molar-refractivity contribution in [1.29, 1.82) is 0 Å². The van der Waals surface area contributed by atoms with Gasteiger partial charge in [0.1, 0.15) is 5.75 Å². The summed E-state index contributed by atoms with van der Waals surface area (Å²) in [5.74, 6) is 1.78. The van der Waals surface area contributed by atoms with Crippen LogP contribution >= 0.6 is 0 Å². The van der Waals surface area contributed by atoms with Gasteiger partial charge in [0, 0.05) is 12.1 Å². The fourth-order valence-corrected chi connectivity index (χ4v) is 3.76. The first-order valence-corrected chi connectivity index (χ1v) is 9.35. The summed E-state index contributed by atoms with van der Waals surface area (Å²) in [4.78, 5) is 4.84. The third-order valence-electron chi connectivity index (χ3n) is 5.29. The molecule has 1 aromatic heterocycles. The molecule has 1 saturated carbocycles. The average molecular weight is 350 g/mol. The summed E-state index contributed by atoms with van der Waals surface area (Å²) in [6, 6.07) is 17.0. The molecular weight excluding hydrogens is 324 g/mol. The third-order valence-corrected chi connectivity index (χ3v) is 5.29. The van der Waals surface area contributed by atoms with Crippen molar-refractivity contribution in [3.05, 3.63) is 54.1 Å². The second-order valence-corrected chi connectivity index (χ2v) is 7.06. The Morgan fingerprint density at radius 1 is 1.12 bits per heavy atom. The molecule has 0 saturated heterocycles. The zero-order valence-corrected chi connectivity index (χ0v) is 15.2. The maximum Gasteiger partial charge on any atom is 0.204 e. The van der Waals surface area contributed by atoms with Crippen molar-refractivity contribution >= 4 is 17.0 Å². The van der Waals surface area contributed by atoms with E-state index >= 15 is 0 Å². The number of nitrogens with zero attached hydrogens (tertiary/aromatic N) is 2. The van der Waals surface area contributed by atoms with Gasteiger partial charge >= 0.3 is 0 Å². The summed E-state index contributed by atoms with van der Waals surface area (Å²) >= 11 is 0. The van der Waals surface area contributed by atoms with Crippen molar-refractivity contribution in [2.75, 3.05) is 12.4 Å². The van der Waals surface area contributed by atoms with Gasteiger partial charge in [-0.25, -0.2) is 4.98 Å². The maximum atomic E-state index is 6.34. The van der Waals surface area contributed by atoms with E-state index in [0.717, 1.165) is 42.1 Å². The molecule has 136 valence electrons. The van der Waals surface area contributed by atoms with E-state index in [0.29, 0.717) is 0 Å². The van der Waals surface area contributed by atoms with Gasteiger partial charge in [-0.05, 0) is 42.7 Å². The highest BCUT2D eigenvalue weighted by atomic mass is 16.5. The Morgan fingerprint density at radius 2 is 1.88 bits per heavy atom. The summed E-state index contributed by atoms with van der Waals surface area (Å²) < 4.78 is 7.51. The molecule has 0 spiro atoms. The van der Waals surface area contributed by atoms with Crippen molar-refractivity contribution in [3.8, 4) is 5.75 Å². The molecule has 5 nitrogen and oxygen atoms in total. The summed E-state index contributed by atoms with van der Waals surface area (Å²) in [6.07, 6.45) is 4.63. The molecule has 1 aliphatic rings. The summed E-state index contributed by atoms with van der Waals surface area (Å²) in [5.41, 5.74) is 9.70. The second-order valence-electron chi connectivity index (χ2n) is 7.06. The number of benzene rings is 2. The number of nitrogens with two attached hydrogens (primary N) is 1. The lowest BCUT2D eigenvalue weighted by atomic mass is 9.91. The van der Waals surface area contributed by atoms with Crippen LogP contribution in [0.4, 0.5) is 5.95 Å². The summed E-state index contributed by atoms with van der Waals surface area (Å²) in [5, 5.41) is 3.63. The minimum Gasteiger partial charge on any atom is -0.497 e. The van der Waals surface area contributed by atoms with Crippen LogP contribution in [0.5, 0.6) is 5.75 Å². The maximum absolute atomic E-state index is 6.34. The molecule has 3 aromatic rings. The minimum absolute atomic E-state index is 0.193. The molecule has 0 amide bonds. The normalized spacial score (nSPS) is 20.2. The summed E-state index contributed by atoms with van der Waals surface area (Å²) in [7, 11) is 1.69. The Labute approximate surface area is 154 Å². The number of aromatic nitrogens is 2. The first-order valence-electron chi connectivity index (χ1n) is 9.35. The Bertz CT molecular complexity index is 871. The van der Waals surface area contributed by atoms with E-state index in [2.05, 4.69) is 40.2 Å². The van der Waals surface area contributed by atoms with Crippen LogP contribution in [0.1, 0.15) is 31.2 Å². The molecule has 5 heteroatoms. The van der Waals surface area contributed by atoms with Crippen LogP contribution in [0.15, 0.2) is 48.5 Å². The number of para-hydroxylation sites is 2. The molecular formula is C21H26N4O. The topological polar surface area (TPSA) is 65.1 Å². The van der Waals surface area contributed by atoms with Gasteiger partial charge in [0.2, 0.25) is 5.95 Å². The highest BCUT2D eigenvalue weighted by Gasteiger charge is 2.23. The molecule has 0 radical (unpaired) electrons. The van der Waals surface area contributed by atoms with Gasteiger partial charge in [-0.3, -0.25) is 0 Å². The highest BCUT2D eigenvalue weighted by Crippen LogP contribution is 2.25. The van der Waals surface area contributed by atoms with Gasteiger partial charge in [-0.15, -0.1) is 0 Å². The molecule has 1 heterocycles. The lowest BCUT2D eigenvalue weighted by Gasteiger charge is -2.29. The van der Waals surface area contributed by atoms with E-state index in [-0.39, 0.29) is 12.1 Å². The number of imidazole rings is 1. The zero-order chi connectivity index (χ0) is 17.9. The predicted molar refractivity (Wildman–Crippen MR) is 106 cm³/mol. The lowest BCUT2D eigenvalue weighted by molar-refractivity contribution is 0.401. The minimum atomic E-state index is 0.193. The number of nitrogens with one attached hydrogen (secondary N) is 1. The number of hydrogen-bond donors (Lipinski definition) is 2. The van der Waals surface area contributed by atoms with Gasteiger partial charge < -0.3 is 20.4 Å². The Balaban J connectivity index is 1.66. The molecule has 4 rings (SSSR count). The van der Waals surface area contributed by atoms with E-state index in [9.17, 15) is 0 Å². The van der Waals surface area contributed by atoms with Crippen molar-refractivity contribution in [2.45, 2.75) is 44.3 Å². The summed E-state index contributed by atoms with van der Waals surface area (Å²) in [6.45, 7) is 0.759. The van der Waals surface area contributed by atoms with E-state index in [1.807, 2.05) is 18.2 Å². The van der Waals surface area contributed by atoms with Crippen molar-refractivity contribution in [2.24, 2.45) is 5.73 Å². The van der Waals surface area contributed by atoms with Gasteiger partial charge in [0.25, 0.3) is 0 Å². The van der Waals surface area contributed by atoms with Crippen LogP contribution in [-0.2, 0) is 6.54 Å². The van der Waals surface area contributed by atoms with Crippen molar-refractivity contribution < 1.29 is 4.74 Å². The van der Waals surface area contributed by atoms with E-state index in [4.69, 9.17) is 15.5 Å². The average Bonchev–Trinajstić information content (AvgIpc) is 3.01. The number of anilines is 1. The molecule has 2 aromatic carbocycles. The Morgan fingerprint density at radius 3 is 2.65 bits per heavy atom. The molecule has 2 atom stereocenters. The lowest BCUT2D eigenvalue weighted by Crippen LogP contribution is -2.43. The van der Waals surface area contributed by atoms with Gasteiger partial charge in [0.05, 0.1) is 24.7 Å². The van der Waals surface area contributed by atoms with Crippen LogP contribution in [0.2, 0.25) is 0 Å². The van der Waals surface area contributed by atoms with Gasteiger partial charge in [-0.1, -0.05) is 37.1 Å². The van der Waals surface area contributed by atoms with Crippen molar-refractivity contribution in [1.82, 2.24) is 9.55 Å². The Hall–Kier alpha value is -2.53. The number of methoxy groups -OCH3 is 1. The fraction of sp³-hybridized carbons (Fsp3) is 0.381. The first-order chi connectivity index (χ1) is 12.7. The quantitative estimate of drug-likeness (QED) is 0.735. The SMILES string of the molecule is COc1ccc(Cn2c(NC3CCCCC3N)nc3ccccc32)cc1. The third kappa shape index (κ3) is 3.40. The number of ether oxygens (including phenoxy) is 1. The number of rotatable bonds is 5. The van der Waals surface area contributed by atoms with Crippen LogP contribution in [0.3, 0.4) is 0 Å². The molecule has 2 unspecified atom stereocenters. The predicted octanol–water partition coefficient (Wildman–Crippen LogP) is 3.78. The monoisotopic (exact) mass is 350 g/mol. The number of fused-ring (bicyclic) bond motifs is 1. The molecule has 1 aliphatic carbocycles. The largest absolute Gasteiger partial charge is 0.497 e. The van der Waals surface area contributed by atoms with Crippen LogP contribution in [0, 0.1) is 0 Å². The standard InChI is InChI=1S/C21H26N4O/c1-26-16-12-10-15(11-13-16)14-25-20-9-5-4-8-19(20)24-21(25)23-18-7-3-2-6-17(18)22/h4-5,8-13,17-18H,2-3,6-7,14,22H2,1H3,(H,23,24). The fourth-order valence-electron chi connectivity index (χ4n) is 3.76. The molecule has 3 N–H and O–H groups in total. The second kappa shape index (κ2) is 7.38. The molecule has 1 fully saturated rings. The van der Waals surface area contributed by atoms with Crippen LogP contribution in [0.25, 0.3) is 11.0 Å². The zero-order valence-electron chi connectivity index (χ0n) is 15.2. The molecule has 26 heavy (non-hydrogen) atoms. The van der Waals surface area contributed by atoms with Crippen LogP contribution < -0.4 is 15.8 Å². The smallest absolute Gasteiger partial charge is 0.204 e. The van der Waals surface area contributed by atoms with Gasteiger partial charge in [-0.2, -0.15) is 0 Å². The number of hydrogen-bond acceptors (Lipinski definition) is 4. The van der Waals surface area contributed by atoms with Gasteiger partial charge in [0.15, 0.2) is 0 Å². The van der Waals surface area contributed by atoms with E-state index in [1.165, 1.54) is 18.4 Å². The molecule has 0 aliphatic heterocycles. The Kier molecular flexibility index (Phi) is 4.80. The van der Waals surface area contributed by atoms with E-state index in [1.54, 1.807) is 7.11 Å². The van der Waals surface area contributed by atoms with Crippen LogP contribution in [-0.4, -0.2) is 28.7 Å².